The molecular formula is C7H10N2OS. The Kier molecular flexibility index (Phi) is 2.73. The van der Waals surface area contributed by atoms with Crippen LogP contribution < -0.4 is 0 Å². The van der Waals surface area contributed by atoms with Crippen molar-refractivity contribution in [1.29, 1.82) is 0 Å². The largest absolute Gasteiger partial charge is 0.395 e. The maximum Gasteiger partial charge on any atom is 0.199 e. The van der Waals surface area contributed by atoms with Crippen molar-refractivity contribution in [2.45, 2.75) is 13.5 Å². The van der Waals surface area contributed by atoms with Crippen LogP contribution in [0.15, 0.2) is 12.3 Å². The molecule has 0 aliphatic rings. The Morgan fingerprint density at radius 3 is 3.00 bits per heavy atom. The standard InChI is InChI=1S/C7H10N2OS/c1-6-2-3-9(4-5-10)7(11)8-6/h2-3,10H,4-5H2,1H3. The van der Waals surface area contributed by atoms with E-state index in [2.05, 4.69) is 4.98 Å². The van der Waals surface area contributed by atoms with Crippen LogP contribution in [0.3, 0.4) is 0 Å². The number of hydrogen-bond acceptors (Lipinski definition) is 3. The molecule has 0 aliphatic heterocycles. The summed E-state index contributed by atoms with van der Waals surface area (Å²) in [5.41, 5.74) is 0.907. The van der Waals surface area contributed by atoms with Crippen molar-refractivity contribution >= 4 is 12.2 Å². The van der Waals surface area contributed by atoms with Crippen LogP contribution in [0, 0.1) is 11.7 Å². The van der Waals surface area contributed by atoms with Gasteiger partial charge in [0.25, 0.3) is 0 Å². The van der Waals surface area contributed by atoms with Gasteiger partial charge in [-0.2, -0.15) is 0 Å². The maximum atomic E-state index is 8.62. The minimum atomic E-state index is 0.0963. The van der Waals surface area contributed by atoms with Gasteiger partial charge in [0.1, 0.15) is 0 Å². The normalized spacial score (nSPS) is 10.0. The van der Waals surface area contributed by atoms with E-state index in [4.69, 9.17) is 17.3 Å². The molecule has 1 rings (SSSR count). The van der Waals surface area contributed by atoms with E-state index < -0.39 is 0 Å². The van der Waals surface area contributed by atoms with Crippen LogP contribution in [0.2, 0.25) is 0 Å². The Bertz CT molecular complexity index is 295. The first-order valence-corrected chi connectivity index (χ1v) is 3.80. The van der Waals surface area contributed by atoms with Gasteiger partial charge >= 0.3 is 0 Å². The molecule has 0 radical (unpaired) electrons. The lowest BCUT2D eigenvalue weighted by atomic mass is 10.4. The number of aliphatic hydroxyl groups excluding tert-OH is 1. The third-order valence-electron chi connectivity index (χ3n) is 1.35. The second-order valence-corrected chi connectivity index (χ2v) is 2.63. The van der Waals surface area contributed by atoms with E-state index in [9.17, 15) is 0 Å². The van der Waals surface area contributed by atoms with Crippen LogP contribution in [-0.4, -0.2) is 21.3 Å². The predicted molar refractivity (Wildman–Crippen MR) is 44.9 cm³/mol. The second-order valence-electron chi connectivity index (χ2n) is 2.27. The zero-order valence-corrected chi connectivity index (χ0v) is 7.14. The van der Waals surface area contributed by atoms with Gasteiger partial charge in [-0.25, -0.2) is 4.98 Å². The molecule has 11 heavy (non-hydrogen) atoms. The molecule has 0 aromatic carbocycles. The summed E-state index contributed by atoms with van der Waals surface area (Å²) in [6, 6.07) is 1.87. The number of aliphatic hydroxyl groups is 1. The summed E-state index contributed by atoms with van der Waals surface area (Å²) in [6.45, 7) is 2.50. The Morgan fingerprint density at radius 2 is 2.45 bits per heavy atom. The molecule has 0 atom stereocenters. The first-order valence-electron chi connectivity index (χ1n) is 3.39. The first kappa shape index (κ1) is 8.36. The zero-order valence-electron chi connectivity index (χ0n) is 6.32. The van der Waals surface area contributed by atoms with E-state index in [0.717, 1.165) is 5.69 Å². The summed E-state index contributed by atoms with van der Waals surface area (Å²) in [4.78, 5) is 4.06. The smallest absolute Gasteiger partial charge is 0.199 e. The number of aryl methyl sites for hydroxylation is 1. The molecule has 0 saturated carbocycles. The van der Waals surface area contributed by atoms with Crippen LogP contribution in [-0.2, 0) is 6.54 Å². The Hall–Kier alpha value is -0.740. The molecule has 0 spiro atoms. The molecule has 0 fully saturated rings. The SMILES string of the molecule is Cc1ccn(CCO)c(=S)n1. The van der Waals surface area contributed by atoms with Crippen molar-refractivity contribution in [3.63, 3.8) is 0 Å². The van der Waals surface area contributed by atoms with Gasteiger partial charge in [0, 0.05) is 18.4 Å². The van der Waals surface area contributed by atoms with Gasteiger partial charge < -0.3 is 9.67 Å². The molecule has 0 unspecified atom stereocenters. The zero-order chi connectivity index (χ0) is 8.27. The van der Waals surface area contributed by atoms with Crippen molar-refractivity contribution < 1.29 is 5.11 Å². The molecule has 0 aliphatic carbocycles. The van der Waals surface area contributed by atoms with E-state index in [-0.39, 0.29) is 6.61 Å². The summed E-state index contributed by atoms with van der Waals surface area (Å²) in [5.74, 6) is 0. The Balaban J connectivity index is 3.00. The molecule has 0 saturated heterocycles. The molecule has 0 bridgehead atoms. The third-order valence-corrected chi connectivity index (χ3v) is 1.68. The highest BCUT2D eigenvalue weighted by Crippen LogP contribution is 1.93. The minimum Gasteiger partial charge on any atom is -0.395 e. The van der Waals surface area contributed by atoms with Crippen molar-refractivity contribution in [3.05, 3.63) is 22.7 Å². The van der Waals surface area contributed by atoms with Crippen molar-refractivity contribution in [2.75, 3.05) is 6.61 Å². The lowest BCUT2D eigenvalue weighted by Crippen LogP contribution is -2.05. The summed E-state index contributed by atoms with van der Waals surface area (Å²) < 4.78 is 2.27. The Labute approximate surface area is 70.3 Å². The number of rotatable bonds is 2. The fourth-order valence-corrected chi connectivity index (χ4v) is 1.09. The third kappa shape index (κ3) is 2.10. The van der Waals surface area contributed by atoms with E-state index in [0.29, 0.717) is 11.3 Å². The van der Waals surface area contributed by atoms with Gasteiger partial charge in [0.05, 0.1) is 6.61 Å². The van der Waals surface area contributed by atoms with Gasteiger partial charge in [-0.1, -0.05) is 0 Å². The quantitative estimate of drug-likeness (QED) is 0.670. The molecule has 60 valence electrons. The van der Waals surface area contributed by atoms with Gasteiger partial charge in [-0.3, -0.25) is 0 Å². The predicted octanol–water partition coefficient (Wildman–Crippen LogP) is 0.913. The lowest BCUT2D eigenvalue weighted by molar-refractivity contribution is 0.274. The van der Waals surface area contributed by atoms with Crippen LogP contribution in [0.4, 0.5) is 0 Å². The van der Waals surface area contributed by atoms with Crippen LogP contribution >= 0.6 is 12.2 Å². The number of aromatic nitrogens is 2. The highest BCUT2D eigenvalue weighted by molar-refractivity contribution is 7.71. The average Bonchev–Trinajstić information content (AvgIpc) is 1.95. The Morgan fingerprint density at radius 1 is 1.73 bits per heavy atom. The molecule has 1 aromatic rings. The van der Waals surface area contributed by atoms with E-state index >= 15 is 0 Å². The maximum absolute atomic E-state index is 8.62. The van der Waals surface area contributed by atoms with Gasteiger partial charge in [0.2, 0.25) is 0 Å². The first-order chi connectivity index (χ1) is 5.24. The molecule has 4 heteroatoms. The topological polar surface area (TPSA) is 38.0 Å². The van der Waals surface area contributed by atoms with Gasteiger partial charge in [-0.05, 0) is 25.2 Å². The summed E-state index contributed by atoms with van der Waals surface area (Å²) >= 11 is 4.95. The van der Waals surface area contributed by atoms with Gasteiger partial charge in [-0.15, -0.1) is 0 Å². The van der Waals surface area contributed by atoms with Crippen LogP contribution in [0.1, 0.15) is 5.69 Å². The van der Waals surface area contributed by atoms with Crippen LogP contribution in [0.25, 0.3) is 0 Å². The van der Waals surface area contributed by atoms with Crippen molar-refractivity contribution in [3.8, 4) is 0 Å². The summed E-state index contributed by atoms with van der Waals surface area (Å²) in [5, 5.41) is 8.62. The van der Waals surface area contributed by atoms with Crippen molar-refractivity contribution in [2.24, 2.45) is 0 Å². The van der Waals surface area contributed by atoms with E-state index in [1.54, 1.807) is 4.57 Å². The molecule has 0 amide bonds. The molecular weight excluding hydrogens is 160 g/mol. The van der Waals surface area contributed by atoms with E-state index in [1.165, 1.54) is 0 Å². The molecule has 1 aromatic heterocycles. The molecule has 3 nitrogen and oxygen atoms in total. The van der Waals surface area contributed by atoms with Gasteiger partial charge in [0.15, 0.2) is 4.77 Å². The molecule has 1 heterocycles. The highest BCUT2D eigenvalue weighted by atomic mass is 32.1. The fraction of sp³-hybridized carbons (Fsp3) is 0.429. The minimum absolute atomic E-state index is 0.0963. The highest BCUT2D eigenvalue weighted by Gasteiger charge is 1.91. The summed E-state index contributed by atoms with van der Waals surface area (Å²) in [6.07, 6.45) is 1.83. The lowest BCUT2D eigenvalue weighted by Gasteiger charge is -2.02. The monoisotopic (exact) mass is 170 g/mol. The number of hydrogen-bond donors (Lipinski definition) is 1. The number of nitrogens with zero attached hydrogens (tertiary/aromatic N) is 2. The molecule has 1 N–H and O–H groups in total. The fourth-order valence-electron chi connectivity index (χ4n) is 0.792. The van der Waals surface area contributed by atoms with Crippen LogP contribution in [0.5, 0.6) is 0 Å². The van der Waals surface area contributed by atoms with E-state index in [1.807, 2.05) is 19.2 Å². The second kappa shape index (κ2) is 3.59. The van der Waals surface area contributed by atoms with Crippen molar-refractivity contribution in [1.82, 2.24) is 9.55 Å². The average molecular weight is 170 g/mol. The summed E-state index contributed by atoms with van der Waals surface area (Å²) in [7, 11) is 0.